The summed E-state index contributed by atoms with van der Waals surface area (Å²) in [6, 6.07) is 0.924. The molecule has 32 heavy (non-hydrogen) atoms. The second kappa shape index (κ2) is 10.5. The highest BCUT2D eigenvalue weighted by molar-refractivity contribution is 5.90. The third-order valence-electron chi connectivity index (χ3n) is 4.59. The Bertz CT molecular complexity index is 963. The van der Waals surface area contributed by atoms with Gasteiger partial charge in [-0.25, -0.2) is 22.8 Å². The Kier molecular flexibility index (Phi) is 8.26. The van der Waals surface area contributed by atoms with E-state index in [-0.39, 0.29) is 30.5 Å². The van der Waals surface area contributed by atoms with Crippen molar-refractivity contribution in [3.8, 4) is 0 Å². The number of carbonyl (C=O) groups is 2. The standard InChI is InChI=1S/C23H26F3NO5/c1-23(2,3)32-22(30)17-10-15(19(24)21(26)20(17)25)12-27-11-14-9-16(31-4)7-5-13(14)6-8-18(28)29/h5-10,13-14,27H,11-12H2,1-4H3,(H,28,29)/b8-6+. The van der Waals surface area contributed by atoms with Crippen LogP contribution >= 0.6 is 0 Å². The Balaban J connectivity index is 2.18. The second-order valence-corrected chi connectivity index (χ2v) is 8.23. The number of methoxy groups -OCH3 is 1. The van der Waals surface area contributed by atoms with E-state index in [0.29, 0.717) is 5.76 Å². The highest BCUT2D eigenvalue weighted by Gasteiger charge is 2.27. The molecule has 6 nitrogen and oxygen atoms in total. The van der Waals surface area contributed by atoms with E-state index < -0.39 is 40.6 Å². The molecule has 174 valence electrons. The van der Waals surface area contributed by atoms with Crippen LogP contribution in [-0.4, -0.2) is 36.3 Å². The van der Waals surface area contributed by atoms with Gasteiger partial charge in [0.05, 0.1) is 12.7 Å². The summed E-state index contributed by atoms with van der Waals surface area (Å²) in [6.07, 6.45) is 7.78. The molecule has 0 aromatic heterocycles. The number of ether oxygens (including phenoxy) is 2. The molecule has 0 fully saturated rings. The molecule has 0 bridgehead atoms. The Hall–Kier alpha value is -3.07. The maximum atomic E-state index is 14.3. The molecular weight excluding hydrogens is 427 g/mol. The summed E-state index contributed by atoms with van der Waals surface area (Å²) >= 11 is 0. The van der Waals surface area contributed by atoms with Crippen LogP contribution in [-0.2, 0) is 20.8 Å². The van der Waals surface area contributed by atoms with Gasteiger partial charge < -0.3 is 19.9 Å². The smallest absolute Gasteiger partial charge is 0.341 e. The fourth-order valence-electron chi connectivity index (χ4n) is 3.10. The SMILES string of the molecule is COC1=CC(CNCc2cc(C(=O)OC(C)(C)C)c(F)c(F)c2F)C(/C=C/C(=O)O)C=C1. The summed E-state index contributed by atoms with van der Waals surface area (Å²) in [7, 11) is 1.49. The normalized spacial score (nSPS) is 18.5. The number of carbonyl (C=O) groups excluding carboxylic acids is 1. The number of rotatable bonds is 8. The molecule has 2 N–H and O–H groups in total. The molecule has 1 aliphatic rings. The topological polar surface area (TPSA) is 84.9 Å². The Morgan fingerprint density at radius 3 is 2.47 bits per heavy atom. The van der Waals surface area contributed by atoms with E-state index in [1.54, 1.807) is 39.0 Å². The van der Waals surface area contributed by atoms with E-state index in [0.717, 1.165) is 12.1 Å². The van der Waals surface area contributed by atoms with Gasteiger partial charge in [-0.05, 0) is 39.0 Å². The summed E-state index contributed by atoms with van der Waals surface area (Å²) < 4.78 is 52.8. The van der Waals surface area contributed by atoms with Gasteiger partial charge in [-0.2, -0.15) is 0 Å². The van der Waals surface area contributed by atoms with Gasteiger partial charge in [0.25, 0.3) is 0 Å². The van der Waals surface area contributed by atoms with Gasteiger partial charge in [0.1, 0.15) is 11.4 Å². The van der Waals surface area contributed by atoms with Gasteiger partial charge in [-0.1, -0.05) is 12.2 Å². The van der Waals surface area contributed by atoms with Gasteiger partial charge in [-0.3, -0.25) is 0 Å². The highest BCUT2D eigenvalue weighted by atomic mass is 19.2. The van der Waals surface area contributed by atoms with E-state index in [2.05, 4.69) is 5.32 Å². The molecule has 0 saturated carbocycles. The molecule has 0 amide bonds. The van der Waals surface area contributed by atoms with Crippen molar-refractivity contribution < 1.29 is 37.3 Å². The van der Waals surface area contributed by atoms with E-state index in [4.69, 9.17) is 14.6 Å². The molecule has 9 heteroatoms. The number of nitrogens with one attached hydrogen (secondary N) is 1. The van der Waals surface area contributed by atoms with Crippen LogP contribution in [0.15, 0.2) is 42.2 Å². The minimum absolute atomic E-state index is 0.204. The average Bonchev–Trinajstić information content (AvgIpc) is 2.71. The number of esters is 1. The zero-order chi connectivity index (χ0) is 24.1. The molecule has 0 heterocycles. The van der Waals surface area contributed by atoms with Crippen molar-refractivity contribution in [3.63, 3.8) is 0 Å². The number of carboxylic acid groups (broad SMARTS) is 1. The van der Waals surface area contributed by atoms with Crippen molar-refractivity contribution in [2.75, 3.05) is 13.7 Å². The zero-order valence-electron chi connectivity index (χ0n) is 18.2. The summed E-state index contributed by atoms with van der Waals surface area (Å²) in [5.74, 6) is -6.90. The van der Waals surface area contributed by atoms with Crippen molar-refractivity contribution in [1.82, 2.24) is 5.32 Å². The molecule has 0 radical (unpaired) electrons. The van der Waals surface area contributed by atoms with E-state index in [1.807, 2.05) is 0 Å². The first-order chi connectivity index (χ1) is 14.9. The number of carboxylic acids is 1. The molecular formula is C23H26F3NO5. The summed E-state index contributed by atoms with van der Waals surface area (Å²) in [6.45, 7) is 4.75. The second-order valence-electron chi connectivity index (χ2n) is 8.23. The van der Waals surface area contributed by atoms with E-state index in [1.165, 1.54) is 13.2 Å². The Labute approximate surface area is 184 Å². The lowest BCUT2D eigenvalue weighted by molar-refractivity contribution is -0.131. The van der Waals surface area contributed by atoms with Crippen LogP contribution in [0.4, 0.5) is 13.2 Å². The lowest BCUT2D eigenvalue weighted by Gasteiger charge is -2.24. The first-order valence-corrected chi connectivity index (χ1v) is 9.88. The first kappa shape index (κ1) is 25.2. The molecule has 0 saturated heterocycles. The van der Waals surface area contributed by atoms with Crippen LogP contribution in [0.2, 0.25) is 0 Å². The Morgan fingerprint density at radius 1 is 1.19 bits per heavy atom. The number of halogens is 3. The Morgan fingerprint density at radius 2 is 1.88 bits per heavy atom. The minimum atomic E-state index is -1.76. The summed E-state index contributed by atoms with van der Waals surface area (Å²) in [4.78, 5) is 23.0. The number of hydrogen-bond acceptors (Lipinski definition) is 5. The van der Waals surface area contributed by atoms with Crippen molar-refractivity contribution in [3.05, 3.63) is 70.8 Å². The third-order valence-corrected chi connectivity index (χ3v) is 4.59. The molecule has 1 aromatic carbocycles. The third kappa shape index (κ3) is 6.71. The first-order valence-electron chi connectivity index (χ1n) is 9.88. The van der Waals surface area contributed by atoms with Gasteiger partial charge in [0.2, 0.25) is 0 Å². The number of aliphatic carboxylic acids is 1. The van der Waals surface area contributed by atoms with Crippen LogP contribution in [0.1, 0.15) is 36.7 Å². The van der Waals surface area contributed by atoms with Crippen LogP contribution in [0.3, 0.4) is 0 Å². The summed E-state index contributed by atoms with van der Waals surface area (Å²) in [5, 5.41) is 11.8. The molecule has 2 rings (SSSR count). The zero-order valence-corrected chi connectivity index (χ0v) is 18.2. The molecule has 0 spiro atoms. The van der Waals surface area contributed by atoms with Crippen molar-refractivity contribution in [1.29, 1.82) is 0 Å². The van der Waals surface area contributed by atoms with Gasteiger partial charge in [-0.15, -0.1) is 0 Å². The van der Waals surface area contributed by atoms with Gasteiger partial charge in [0, 0.05) is 36.6 Å². The van der Waals surface area contributed by atoms with Gasteiger partial charge >= 0.3 is 11.9 Å². The molecule has 0 aliphatic heterocycles. The number of benzene rings is 1. The number of hydrogen-bond donors (Lipinski definition) is 2. The largest absolute Gasteiger partial charge is 0.497 e. The maximum absolute atomic E-state index is 14.3. The quantitative estimate of drug-likeness (QED) is 0.350. The maximum Gasteiger partial charge on any atom is 0.341 e. The monoisotopic (exact) mass is 453 g/mol. The summed E-state index contributed by atoms with van der Waals surface area (Å²) in [5.41, 5.74) is -1.88. The van der Waals surface area contributed by atoms with Gasteiger partial charge in [0.15, 0.2) is 17.5 Å². The molecule has 2 unspecified atom stereocenters. The van der Waals surface area contributed by atoms with Crippen LogP contribution < -0.4 is 5.32 Å². The van der Waals surface area contributed by atoms with E-state index >= 15 is 0 Å². The number of allylic oxidation sites excluding steroid dienone is 3. The fraction of sp³-hybridized carbons (Fsp3) is 0.391. The molecule has 1 aromatic rings. The minimum Gasteiger partial charge on any atom is -0.497 e. The van der Waals surface area contributed by atoms with E-state index in [9.17, 15) is 22.8 Å². The lowest BCUT2D eigenvalue weighted by atomic mass is 9.87. The average molecular weight is 453 g/mol. The predicted molar refractivity (Wildman–Crippen MR) is 111 cm³/mol. The molecule has 1 aliphatic carbocycles. The molecule has 2 atom stereocenters. The fourth-order valence-corrected chi connectivity index (χ4v) is 3.10. The highest BCUT2D eigenvalue weighted by Crippen LogP contribution is 2.25. The van der Waals surface area contributed by atoms with Crippen LogP contribution in [0.25, 0.3) is 0 Å². The predicted octanol–water partition coefficient (Wildman–Crippen LogP) is 4.12. The lowest BCUT2D eigenvalue weighted by Crippen LogP contribution is -2.28. The van der Waals surface area contributed by atoms with Crippen molar-refractivity contribution in [2.24, 2.45) is 11.8 Å². The van der Waals surface area contributed by atoms with Crippen molar-refractivity contribution >= 4 is 11.9 Å². The van der Waals surface area contributed by atoms with Crippen molar-refractivity contribution in [2.45, 2.75) is 32.9 Å². The van der Waals surface area contributed by atoms with Crippen LogP contribution in [0.5, 0.6) is 0 Å². The van der Waals surface area contributed by atoms with Crippen LogP contribution in [0, 0.1) is 29.3 Å².